The van der Waals surface area contributed by atoms with Crippen LogP contribution in [0.2, 0.25) is 0 Å². The first-order valence-corrected chi connectivity index (χ1v) is 3.68. The first-order chi connectivity index (χ1) is 3.81. The zero-order chi connectivity index (χ0) is 6.41. The molecule has 0 aliphatic carbocycles. The van der Waals surface area contributed by atoms with Crippen LogP contribution >= 0.6 is 15.9 Å². The van der Waals surface area contributed by atoms with Gasteiger partial charge in [-0.25, -0.2) is 0 Å². The molecule has 0 atom stereocenters. The van der Waals surface area contributed by atoms with Gasteiger partial charge in [0.2, 0.25) is 0 Å². The topological polar surface area (TPSA) is 17.1 Å². The standard InChI is InChI=1S/C6H9BrO/c1-2-3-4-6(8)5-7/h3-4H,2,5H2,1H3/b4-3+. The van der Waals surface area contributed by atoms with E-state index in [1.165, 1.54) is 0 Å². The number of allylic oxidation sites excluding steroid dienone is 2. The molecule has 0 heterocycles. The number of carbonyl (C=O) groups is 1. The quantitative estimate of drug-likeness (QED) is 0.475. The molecule has 0 saturated carbocycles. The van der Waals surface area contributed by atoms with Crippen molar-refractivity contribution in [1.29, 1.82) is 0 Å². The minimum Gasteiger partial charge on any atom is -0.294 e. The SMILES string of the molecule is CC/C=C/C(=O)CBr. The molecule has 0 spiro atoms. The zero-order valence-electron chi connectivity index (χ0n) is 4.86. The van der Waals surface area contributed by atoms with E-state index in [1.54, 1.807) is 6.08 Å². The van der Waals surface area contributed by atoms with E-state index in [0.717, 1.165) is 6.42 Å². The van der Waals surface area contributed by atoms with Gasteiger partial charge in [-0.1, -0.05) is 28.9 Å². The summed E-state index contributed by atoms with van der Waals surface area (Å²) >= 11 is 3.04. The van der Waals surface area contributed by atoms with Gasteiger partial charge >= 0.3 is 0 Å². The number of carbonyl (C=O) groups excluding carboxylic acids is 1. The van der Waals surface area contributed by atoms with Crippen molar-refractivity contribution in [2.45, 2.75) is 13.3 Å². The van der Waals surface area contributed by atoms with Crippen LogP contribution < -0.4 is 0 Å². The lowest BCUT2D eigenvalue weighted by molar-refractivity contribution is -0.112. The lowest BCUT2D eigenvalue weighted by Gasteiger charge is -1.79. The molecule has 0 aromatic rings. The number of alkyl halides is 1. The molecule has 0 rings (SSSR count). The summed E-state index contributed by atoms with van der Waals surface area (Å²) < 4.78 is 0. The van der Waals surface area contributed by atoms with E-state index in [4.69, 9.17) is 0 Å². The second kappa shape index (κ2) is 5.04. The van der Waals surface area contributed by atoms with E-state index in [2.05, 4.69) is 15.9 Å². The van der Waals surface area contributed by atoms with Gasteiger partial charge in [-0.2, -0.15) is 0 Å². The summed E-state index contributed by atoms with van der Waals surface area (Å²) in [6.45, 7) is 2.00. The van der Waals surface area contributed by atoms with Crippen molar-refractivity contribution < 1.29 is 4.79 Å². The number of rotatable bonds is 3. The summed E-state index contributed by atoms with van der Waals surface area (Å²) in [6.07, 6.45) is 4.37. The minimum absolute atomic E-state index is 0.131. The Kier molecular flexibility index (Phi) is 4.97. The molecule has 0 unspecified atom stereocenters. The second-order valence-corrected chi connectivity index (χ2v) is 1.97. The highest BCUT2D eigenvalue weighted by Crippen LogP contribution is 1.85. The molecule has 0 aromatic heterocycles. The van der Waals surface area contributed by atoms with E-state index in [1.807, 2.05) is 13.0 Å². The summed E-state index contributed by atoms with van der Waals surface area (Å²) in [7, 11) is 0. The Morgan fingerprint density at radius 1 is 1.75 bits per heavy atom. The molecule has 0 fully saturated rings. The van der Waals surface area contributed by atoms with Crippen LogP contribution in [0.15, 0.2) is 12.2 Å². The van der Waals surface area contributed by atoms with Gasteiger partial charge in [0.15, 0.2) is 5.78 Å². The molecule has 0 aliphatic rings. The van der Waals surface area contributed by atoms with Crippen molar-refractivity contribution in [3.8, 4) is 0 Å². The maximum atomic E-state index is 10.4. The maximum Gasteiger partial charge on any atom is 0.165 e. The lowest BCUT2D eigenvalue weighted by Crippen LogP contribution is -1.90. The third kappa shape index (κ3) is 4.06. The molecule has 0 amide bonds. The van der Waals surface area contributed by atoms with Gasteiger partial charge in [0.25, 0.3) is 0 Å². The molecule has 0 saturated heterocycles. The molecule has 0 aliphatic heterocycles. The highest BCUT2D eigenvalue weighted by molar-refractivity contribution is 9.09. The number of ketones is 1. The van der Waals surface area contributed by atoms with Crippen LogP contribution in [0.5, 0.6) is 0 Å². The van der Waals surface area contributed by atoms with Gasteiger partial charge in [0.05, 0.1) is 5.33 Å². The minimum atomic E-state index is 0.131. The van der Waals surface area contributed by atoms with Crippen molar-refractivity contribution >= 4 is 21.7 Å². The van der Waals surface area contributed by atoms with Gasteiger partial charge < -0.3 is 0 Å². The van der Waals surface area contributed by atoms with Crippen LogP contribution in [0.1, 0.15) is 13.3 Å². The third-order valence-electron chi connectivity index (χ3n) is 0.671. The maximum absolute atomic E-state index is 10.4. The monoisotopic (exact) mass is 176 g/mol. The van der Waals surface area contributed by atoms with Crippen LogP contribution in [-0.4, -0.2) is 11.1 Å². The molecule has 1 nitrogen and oxygen atoms in total. The summed E-state index contributed by atoms with van der Waals surface area (Å²) in [5, 5.41) is 0.434. The Morgan fingerprint density at radius 3 is 2.75 bits per heavy atom. The number of hydrogen-bond acceptors (Lipinski definition) is 1. The van der Waals surface area contributed by atoms with Gasteiger partial charge in [0, 0.05) is 0 Å². The van der Waals surface area contributed by atoms with E-state index in [-0.39, 0.29) is 5.78 Å². The summed E-state index contributed by atoms with van der Waals surface area (Å²) in [5.41, 5.74) is 0. The summed E-state index contributed by atoms with van der Waals surface area (Å²) in [4.78, 5) is 10.4. The molecule has 0 bridgehead atoms. The van der Waals surface area contributed by atoms with Crippen LogP contribution in [0.3, 0.4) is 0 Å². The number of halogens is 1. The van der Waals surface area contributed by atoms with Gasteiger partial charge in [-0.05, 0) is 12.5 Å². The fourth-order valence-corrected chi connectivity index (χ4v) is 0.481. The molecule has 0 N–H and O–H groups in total. The van der Waals surface area contributed by atoms with Gasteiger partial charge in [0.1, 0.15) is 0 Å². The third-order valence-corrected chi connectivity index (χ3v) is 1.22. The molecule has 0 radical (unpaired) electrons. The van der Waals surface area contributed by atoms with Gasteiger partial charge in [-0.3, -0.25) is 4.79 Å². The predicted molar refractivity (Wildman–Crippen MR) is 38.2 cm³/mol. The van der Waals surface area contributed by atoms with E-state index in [0.29, 0.717) is 5.33 Å². The van der Waals surface area contributed by atoms with Crippen molar-refractivity contribution in [2.75, 3.05) is 5.33 Å². The van der Waals surface area contributed by atoms with Crippen LogP contribution in [0, 0.1) is 0 Å². The van der Waals surface area contributed by atoms with Crippen LogP contribution in [0.25, 0.3) is 0 Å². The van der Waals surface area contributed by atoms with E-state index in [9.17, 15) is 4.79 Å². The Labute approximate surface area is 57.9 Å². The van der Waals surface area contributed by atoms with Crippen LogP contribution in [-0.2, 0) is 4.79 Å². The largest absolute Gasteiger partial charge is 0.294 e. The molecular weight excluding hydrogens is 168 g/mol. The highest BCUT2D eigenvalue weighted by Gasteiger charge is 1.86. The zero-order valence-corrected chi connectivity index (χ0v) is 6.44. The second-order valence-electron chi connectivity index (χ2n) is 1.41. The fourth-order valence-electron chi connectivity index (χ4n) is 0.294. The normalized spacial score (nSPS) is 10.2. The average molecular weight is 177 g/mol. The molecular formula is C6H9BrO. The van der Waals surface area contributed by atoms with Gasteiger partial charge in [-0.15, -0.1) is 0 Å². The molecule has 0 aromatic carbocycles. The highest BCUT2D eigenvalue weighted by atomic mass is 79.9. The smallest absolute Gasteiger partial charge is 0.165 e. The Balaban J connectivity index is 3.37. The summed E-state index contributed by atoms with van der Waals surface area (Å²) in [6, 6.07) is 0. The first kappa shape index (κ1) is 7.89. The molecule has 46 valence electrons. The first-order valence-electron chi connectivity index (χ1n) is 2.56. The lowest BCUT2D eigenvalue weighted by atomic mass is 10.3. The van der Waals surface area contributed by atoms with Crippen molar-refractivity contribution in [3.63, 3.8) is 0 Å². The van der Waals surface area contributed by atoms with E-state index < -0.39 is 0 Å². The fraction of sp³-hybridized carbons (Fsp3) is 0.500. The predicted octanol–water partition coefficient (Wildman–Crippen LogP) is 1.92. The summed E-state index contributed by atoms with van der Waals surface area (Å²) in [5.74, 6) is 0.131. The van der Waals surface area contributed by atoms with Crippen molar-refractivity contribution in [3.05, 3.63) is 12.2 Å². The average Bonchev–Trinajstić information content (AvgIpc) is 1.83. The van der Waals surface area contributed by atoms with Crippen molar-refractivity contribution in [1.82, 2.24) is 0 Å². The Bertz CT molecular complexity index is 96.7. The Hall–Kier alpha value is -0.110. The van der Waals surface area contributed by atoms with E-state index >= 15 is 0 Å². The molecule has 2 heteroatoms. The molecule has 8 heavy (non-hydrogen) atoms. The Morgan fingerprint density at radius 2 is 2.38 bits per heavy atom. The van der Waals surface area contributed by atoms with Crippen LogP contribution in [0.4, 0.5) is 0 Å². The van der Waals surface area contributed by atoms with Crippen molar-refractivity contribution in [2.24, 2.45) is 0 Å². The number of hydrogen-bond donors (Lipinski definition) is 0.